The van der Waals surface area contributed by atoms with Crippen LogP contribution in [0.5, 0.6) is 0 Å². The van der Waals surface area contributed by atoms with Crippen LogP contribution in [0.15, 0.2) is 0 Å². The molecule has 0 heterocycles. The Morgan fingerprint density at radius 1 is 0.947 bits per heavy atom. The van der Waals surface area contributed by atoms with Crippen molar-refractivity contribution in [3.63, 3.8) is 0 Å². The summed E-state index contributed by atoms with van der Waals surface area (Å²) in [6, 6.07) is -1.38. The van der Waals surface area contributed by atoms with Crippen LogP contribution in [0.2, 0.25) is 0 Å². The van der Waals surface area contributed by atoms with E-state index in [1.54, 1.807) is 0 Å². The standard InChI is InChI=1S/C6H14N2O2.C6H13NO2/c7-4-2-1-3-5(8)6(9)10;1-2-3-4-5(7)6(8)9/h5H,1-4,7-8H2,(H,9,10);5H,2-4,7H2,1H3,(H,8,9)/t5-;/m0./s1. The van der Waals surface area contributed by atoms with Crippen LogP contribution in [0.4, 0.5) is 0 Å². The minimum atomic E-state index is -0.933. The molecule has 0 amide bonds. The zero-order valence-corrected chi connectivity index (χ0v) is 11.5. The fourth-order valence-corrected chi connectivity index (χ4v) is 1.18. The molecule has 7 heteroatoms. The predicted molar refractivity (Wildman–Crippen MR) is 73.7 cm³/mol. The first-order valence-electron chi connectivity index (χ1n) is 6.53. The van der Waals surface area contributed by atoms with Gasteiger partial charge in [-0.2, -0.15) is 0 Å². The number of unbranched alkanes of at least 4 members (excludes halogenated alkanes) is 2. The van der Waals surface area contributed by atoms with Gasteiger partial charge in [-0.3, -0.25) is 9.59 Å². The maximum absolute atomic E-state index is 10.1. The zero-order chi connectivity index (χ0) is 15.3. The van der Waals surface area contributed by atoms with E-state index in [0.29, 0.717) is 19.4 Å². The molecule has 0 saturated carbocycles. The summed E-state index contributed by atoms with van der Waals surface area (Å²) in [4.78, 5) is 20.2. The van der Waals surface area contributed by atoms with Crippen molar-refractivity contribution in [2.24, 2.45) is 17.2 Å². The first-order chi connectivity index (χ1) is 8.86. The van der Waals surface area contributed by atoms with Crippen molar-refractivity contribution < 1.29 is 19.8 Å². The molecule has 0 aromatic carbocycles. The van der Waals surface area contributed by atoms with E-state index < -0.39 is 24.0 Å². The van der Waals surface area contributed by atoms with Gasteiger partial charge in [0.05, 0.1) is 0 Å². The summed E-state index contributed by atoms with van der Waals surface area (Å²) in [6.45, 7) is 2.61. The SMILES string of the molecule is CCCCC(N)C(=O)O.NCCCC[C@H](N)C(=O)O. The van der Waals surface area contributed by atoms with Crippen LogP contribution in [0.1, 0.15) is 45.4 Å². The first-order valence-corrected chi connectivity index (χ1v) is 6.53. The molecule has 114 valence electrons. The molecule has 0 saturated heterocycles. The second-order valence-electron chi connectivity index (χ2n) is 4.32. The van der Waals surface area contributed by atoms with Crippen LogP contribution in [0.25, 0.3) is 0 Å². The molecule has 0 fully saturated rings. The molecular weight excluding hydrogens is 250 g/mol. The van der Waals surface area contributed by atoms with Crippen molar-refractivity contribution in [3.05, 3.63) is 0 Å². The van der Waals surface area contributed by atoms with Crippen LogP contribution in [-0.2, 0) is 9.59 Å². The first kappa shape index (κ1) is 20.1. The molecule has 0 aromatic heterocycles. The summed E-state index contributed by atoms with van der Waals surface area (Å²) in [5, 5.41) is 16.6. The third kappa shape index (κ3) is 14.8. The Morgan fingerprint density at radius 3 is 1.68 bits per heavy atom. The van der Waals surface area contributed by atoms with Crippen molar-refractivity contribution in [1.29, 1.82) is 0 Å². The Balaban J connectivity index is 0. The van der Waals surface area contributed by atoms with Crippen molar-refractivity contribution in [3.8, 4) is 0 Å². The average Bonchev–Trinajstić information content (AvgIpc) is 2.36. The molecule has 0 aliphatic heterocycles. The number of hydrogen-bond donors (Lipinski definition) is 5. The lowest BCUT2D eigenvalue weighted by Crippen LogP contribution is -2.29. The highest BCUT2D eigenvalue weighted by atomic mass is 16.4. The Morgan fingerprint density at radius 2 is 1.37 bits per heavy atom. The lowest BCUT2D eigenvalue weighted by molar-refractivity contribution is -0.139. The zero-order valence-electron chi connectivity index (χ0n) is 11.5. The smallest absolute Gasteiger partial charge is 0.320 e. The molecule has 8 N–H and O–H groups in total. The van der Waals surface area contributed by atoms with Crippen molar-refractivity contribution in [2.45, 2.75) is 57.5 Å². The fraction of sp³-hybridized carbons (Fsp3) is 0.833. The number of rotatable bonds is 9. The van der Waals surface area contributed by atoms with Gasteiger partial charge in [0.1, 0.15) is 12.1 Å². The van der Waals surface area contributed by atoms with Gasteiger partial charge in [0.25, 0.3) is 0 Å². The molecule has 0 aliphatic rings. The minimum Gasteiger partial charge on any atom is -0.480 e. The number of nitrogens with two attached hydrogens (primary N) is 3. The van der Waals surface area contributed by atoms with E-state index >= 15 is 0 Å². The number of carboxylic acid groups (broad SMARTS) is 2. The average molecular weight is 277 g/mol. The molecule has 7 nitrogen and oxygen atoms in total. The highest BCUT2D eigenvalue weighted by Crippen LogP contribution is 1.97. The summed E-state index contributed by atoms with van der Waals surface area (Å²) in [6.07, 6.45) is 4.65. The van der Waals surface area contributed by atoms with Gasteiger partial charge in [-0.15, -0.1) is 0 Å². The summed E-state index contributed by atoms with van der Waals surface area (Å²) in [5.74, 6) is -1.83. The molecule has 0 rings (SSSR count). The topological polar surface area (TPSA) is 153 Å². The van der Waals surface area contributed by atoms with Gasteiger partial charge in [0.15, 0.2) is 0 Å². The molecule has 19 heavy (non-hydrogen) atoms. The third-order valence-corrected chi connectivity index (χ3v) is 2.47. The summed E-state index contributed by atoms with van der Waals surface area (Å²) >= 11 is 0. The highest BCUT2D eigenvalue weighted by molar-refractivity contribution is 5.73. The molecule has 0 radical (unpaired) electrons. The Kier molecular flexibility index (Phi) is 14.1. The quantitative estimate of drug-likeness (QED) is 0.375. The van der Waals surface area contributed by atoms with Gasteiger partial charge in [0, 0.05) is 0 Å². The minimum absolute atomic E-state index is 0.520. The van der Waals surface area contributed by atoms with Crippen molar-refractivity contribution >= 4 is 11.9 Å². The summed E-state index contributed by atoms with van der Waals surface area (Å²) < 4.78 is 0. The lowest BCUT2D eigenvalue weighted by atomic mass is 10.1. The highest BCUT2D eigenvalue weighted by Gasteiger charge is 2.09. The van der Waals surface area contributed by atoms with Crippen LogP contribution in [0, 0.1) is 0 Å². The number of carbonyl (C=O) groups is 2. The molecule has 0 aliphatic carbocycles. The van der Waals surface area contributed by atoms with Gasteiger partial charge in [-0.1, -0.05) is 26.2 Å². The number of hydrogen-bond acceptors (Lipinski definition) is 5. The van der Waals surface area contributed by atoms with E-state index in [4.69, 9.17) is 27.4 Å². The van der Waals surface area contributed by atoms with Crippen LogP contribution < -0.4 is 17.2 Å². The number of carboxylic acids is 2. The maximum atomic E-state index is 10.1. The monoisotopic (exact) mass is 277 g/mol. The largest absolute Gasteiger partial charge is 0.480 e. The van der Waals surface area contributed by atoms with Gasteiger partial charge in [-0.05, 0) is 25.8 Å². The third-order valence-electron chi connectivity index (χ3n) is 2.47. The molecule has 1 unspecified atom stereocenters. The fourth-order valence-electron chi connectivity index (χ4n) is 1.18. The Labute approximate surface area is 114 Å². The van der Waals surface area contributed by atoms with Crippen LogP contribution in [-0.4, -0.2) is 40.8 Å². The normalized spacial score (nSPS) is 13.1. The van der Waals surface area contributed by atoms with Gasteiger partial charge >= 0.3 is 11.9 Å². The van der Waals surface area contributed by atoms with E-state index in [1.165, 1.54) is 0 Å². The molecule has 0 aromatic rings. The van der Waals surface area contributed by atoms with E-state index in [-0.39, 0.29) is 0 Å². The van der Waals surface area contributed by atoms with Gasteiger partial charge in [-0.25, -0.2) is 0 Å². The van der Waals surface area contributed by atoms with E-state index in [1.807, 2.05) is 6.92 Å². The predicted octanol–water partition coefficient (Wildman–Crippen LogP) is 0.116. The molecule has 2 atom stereocenters. The van der Waals surface area contributed by atoms with Gasteiger partial charge < -0.3 is 27.4 Å². The molecular formula is C12H27N3O4. The molecule has 0 bridgehead atoms. The summed E-state index contributed by atoms with van der Waals surface area (Å²) in [7, 11) is 0. The van der Waals surface area contributed by atoms with Crippen LogP contribution in [0.3, 0.4) is 0 Å². The lowest BCUT2D eigenvalue weighted by Gasteiger charge is -2.03. The maximum Gasteiger partial charge on any atom is 0.320 e. The summed E-state index contributed by atoms with van der Waals surface area (Å²) in [5.41, 5.74) is 15.6. The number of aliphatic carboxylic acids is 2. The van der Waals surface area contributed by atoms with Crippen LogP contribution >= 0.6 is 0 Å². The van der Waals surface area contributed by atoms with E-state index in [9.17, 15) is 9.59 Å². The molecule has 0 spiro atoms. The Bertz CT molecular complexity index is 249. The van der Waals surface area contributed by atoms with Crippen molar-refractivity contribution in [2.75, 3.05) is 6.54 Å². The Hall–Kier alpha value is -1.18. The second kappa shape index (κ2) is 13.3. The second-order valence-corrected chi connectivity index (χ2v) is 4.32. The van der Waals surface area contributed by atoms with E-state index in [0.717, 1.165) is 25.7 Å². The van der Waals surface area contributed by atoms with Crippen molar-refractivity contribution in [1.82, 2.24) is 0 Å². The van der Waals surface area contributed by atoms with E-state index in [2.05, 4.69) is 0 Å². The van der Waals surface area contributed by atoms with Gasteiger partial charge in [0.2, 0.25) is 0 Å².